The summed E-state index contributed by atoms with van der Waals surface area (Å²) in [5.41, 5.74) is 0.564. The number of ether oxygens (including phenoxy) is 1. The third-order valence-electron chi connectivity index (χ3n) is 2.30. The maximum Gasteiger partial charge on any atom is 0.573 e. The molecule has 0 atom stereocenters. The van der Waals surface area contributed by atoms with Crippen LogP contribution in [0.3, 0.4) is 0 Å². The van der Waals surface area contributed by atoms with Crippen LogP contribution in [0.1, 0.15) is 0 Å². The van der Waals surface area contributed by atoms with Gasteiger partial charge in [-0.3, -0.25) is 4.68 Å². The number of nitrogens with one attached hydrogen (secondary N) is 1. The van der Waals surface area contributed by atoms with Gasteiger partial charge in [0.1, 0.15) is 5.75 Å². The SMILES string of the molecule is FC(F)(F)Oc1cccc(NCCn2cccn2)c1. The second-order valence-corrected chi connectivity index (χ2v) is 3.77. The normalized spacial score (nSPS) is 11.3. The Balaban J connectivity index is 1.88. The van der Waals surface area contributed by atoms with Crippen LogP contribution < -0.4 is 10.1 Å². The second-order valence-electron chi connectivity index (χ2n) is 3.77. The fourth-order valence-corrected chi connectivity index (χ4v) is 1.55. The van der Waals surface area contributed by atoms with E-state index in [0.717, 1.165) is 0 Å². The van der Waals surface area contributed by atoms with Crippen molar-refractivity contribution in [3.8, 4) is 5.75 Å². The van der Waals surface area contributed by atoms with Gasteiger partial charge in [0.05, 0.1) is 6.54 Å². The lowest BCUT2D eigenvalue weighted by Crippen LogP contribution is -2.17. The molecule has 0 aliphatic rings. The average Bonchev–Trinajstić information content (AvgIpc) is 2.80. The van der Waals surface area contributed by atoms with Gasteiger partial charge >= 0.3 is 6.36 Å². The van der Waals surface area contributed by atoms with E-state index in [4.69, 9.17) is 0 Å². The van der Waals surface area contributed by atoms with Crippen molar-refractivity contribution in [3.05, 3.63) is 42.7 Å². The first-order chi connectivity index (χ1) is 9.03. The number of alkyl halides is 3. The summed E-state index contributed by atoms with van der Waals surface area (Å²) < 4.78 is 41.7. The summed E-state index contributed by atoms with van der Waals surface area (Å²) in [6.45, 7) is 1.18. The minimum Gasteiger partial charge on any atom is -0.406 e. The van der Waals surface area contributed by atoms with Crippen LogP contribution in [0.15, 0.2) is 42.7 Å². The maximum atomic E-state index is 12.1. The number of hydrogen-bond acceptors (Lipinski definition) is 3. The van der Waals surface area contributed by atoms with Crippen molar-refractivity contribution < 1.29 is 17.9 Å². The molecule has 0 saturated heterocycles. The molecule has 0 unspecified atom stereocenters. The Labute approximate surface area is 107 Å². The third kappa shape index (κ3) is 4.53. The molecule has 4 nitrogen and oxygen atoms in total. The molecule has 0 spiro atoms. The summed E-state index contributed by atoms with van der Waals surface area (Å²) in [6.07, 6.45) is -1.20. The van der Waals surface area contributed by atoms with E-state index in [2.05, 4.69) is 15.2 Å². The van der Waals surface area contributed by atoms with Gasteiger partial charge in [-0.15, -0.1) is 13.2 Å². The molecule has 1 heterocycles. The number of aromatic nitrogens is 2. The zero-order valence-electron chi connectivity index (χ0n) is 9.89. The minimum atomic E-state index is -4.67. The molecule has 0 radical (unpaired) electrons. The van der Waals surface area contributed by atoms with Crippen molar-refractivity contribution in [2.45, 2.75) is 12.9 Å². The highest BCUT2D eigenvalue weighted by Gasteiger charge is 2.31. The first-order valence-corrected chi connectivity index (χ1v) is 5.60. The van der Waals surface area contributed by atoms with Crippen molar-refractivity contribution in [1.82, 2.24) is 9.78 Å². The Kier molecular flexibility index (Phi) is 3.94. The van der Waals surface area contributed by atoms with Gasteiger partial charge in [-0.2, -0.15) is 5.10 Å². The van der Waals surface area contributed by atoms with E-state index in [-0.39, 0.29) is 5.75 Å². The minimum absolute atomic E-state index is 0.239. The summed E-state index contributed by atoms with van der Waals surface area (Å²) in [5.74, 6) is -0.239. The fourth-order valence-electron chi connectivity index (χ4n) is 1.55. The predicted molar refractivity (Wildman–Crippen MR) is 63.8 cm³/mol. The van der Waals surface area contributed by atoms with E-state index in [1.165, 1.54) is 18.2 Å². The van der Waals surface area contributed by atoms with E-state index in [1.807, 2.05) is 6.20 Å². The third-order valence-corrected chi connectivity index (χ3v) is 2.30. The number of benzene rings is 1. The lowest BCUT2D eigenvalue weighted by Gasteiger charge is -2.11. The standard InChI is InChI=1S/C12H12F3N3O/c13-12(14,15)19-11-4-1-3-10(9-11)16-6-8-18-7-2-5-17-18/h1-5,7,9,16H,6,8H2. The molecule has 0 fully saturated rings. The summed E-state index contributed by atoms with van der Waals surface area (Å²) >= 11 is 0. The van der Waals surface area contributed by atoms with Gasteiger partial charge in [-0.25, -0.2) is 0 Å². The molecule has 7 heteroatoms. The van der Waals surface area contributed by atoms with Crippen LogP contribution in [0.25, 0.3) is 0 Å². The van der Waals surface area contributed by atoms with Gasteiger partial charge in [0, 0.05) is 30.7 Å². The van der Waals surface area contributed by atoms with E-state index in [9.17, 15) is 13.2 Å². The topological polar surface area (TPSA) is 39.1 Å². The Morgan fingerprint density at radius 2 is 2.11 bits per heavy atom. The van der Waals surface area contributed by atoms with Crippen LogP contribution >= 0.6 is 0 Å². The lowest BCUT2D eigenvalue weighted by atomic mass is 10.3. The molecular weight excluding hydrogens is 259 g/mol. The molecule has 2 aromatic rings. The number of anilines is 1. The molecule has 19 heavy (non-hydrogen) atoms. The van der Waals surface area contributed by atoms with Crippen LogP contribution in [-0.2, 0) is 6.54 Å². The van der Waals surface area contributed by atoms with Crippen LogP contribution in [-0.4, -0.2) is 22.7 Å². The lowest BCUT2D eigenvalue weighted by molar-refractivity contribution is -0.274. The Morgan fingerprint density at radius 3 is 2.79 bits per heavy atom. The summed E-state index contributed by atoms with van der Waals surface area (Å²) in [7, 11) is 0. The molecule has 102 valence electrons. The van der Waals surface area contributed by atoms with Crippen LogP contribution in [0.2, 0.25) is 0 Å². The van der Waals surface area contributed by atoms with Crippen LogP contribution in [0.4, 0.5) is 18.9 Å². The van der Waals surface area contributed by atoms with E-state index in [1.54, 1.807) is 23.0 Å². The van der Waals surface area contributed by atoms with Gasteiger partial charge in [-0.05, 0) is 18.2 Å². The van der Waals surface area contributed by atoms with Crippen molar-refractivity contribution >= 4 is 5.69 Å². The van der Waals surface area contributed by atoms with Gasteiger partial charge in [0.25, 0.3) is 0 Å². The van der Waals surface area contributed by atoms with E-state index in [0.29, 0.717) is 18.8 Å². The van der Waals surface area contributed by atoms with Crippen molar-refractivity contribution in [2.24, 2.45) is 0 Å². The first kappa shape index (κ1) is 13.3. The monoisotopic (exact) mass is 271 g/mol. The Bertz CT molecular complexity index is 511. The highest BCUT2D eigenvalue weighted by Crippen LogP contribution is 2.24. The van der Waals surface area contributed by atoms with E-state index >= 15 is 0 Å². The fraction of sp³-hybridized carbons (Fsp3) is 0.250. The highest BCUT2D eigenvalue weighted by molar-refractivity contribution is 5.48. The summed E-state index contributed by atoms with van der Waals surface area (Å²) in [5, 5.41) is 7.02. The van der Waals surface area contributed by atoms with E-state index < -0.39 is 6.36 Å². The molecule has 0 bridgehead atoms. The number of rotatable bonds is 5. The van der Waals surface area contributed by atoms with Crippen molar-refractivity contribution in [3.63, 3.8) is 0 Å². The zero-order chi connectivity index (χ0) is 13.7. The van der Waals surface area contributed by atoms with Gasteiger partial charge < -0.3 is 10.1 Å². The molecule has 1 aromatic heterocycles. The second kappa shape index (κ2) is 5.64. The number of hydrogen-bond donors (Lipinski definition) is 1. The van der Waals surface area contributed by atoms with Crippen molar-refractivity contribution in [1.29, 1.82) is 0 Å². The quantitative estimate of drug-likeness (QED) is 0.908. The van der Waals surface area contributed by atoms with Crippen LogP contribution in [0.5, 0.6) is 5.75 Å². The molecule has 1 N–H and O–H groups in total. The molecule has 1 aromatic carbocycles. The number of nitrogens with zero attached hydrogens (tertiary/aromatic N) is 2. The van der Waals surface area contributed by atoms with Gasteiger partial charge in [0.2, 0.25) is 0 Å². The Hall–Kier alpha value is -2.18. The van der Waals surface area contributed by atoms with Crippen LogP contribution in [0, 0.1) is 0 Å². The molecular formula is C12H12F3N3O. The van der Waals surface area contributed by atoms with Gasteiger partial charge in [0.15, 0.2) is 0 Å². The zero-order valence-corrected chi connectivity index (χ0v) is 9.89. The maximum absolute atomic E-state index is 12.1. The van der Waals surface area contributed by atoms with Crippen molar-refractivity contribution in [2.75, 3.05) is 11.9 Å². The first-order valence-electron chi connectivity index (χ1n) is 5.60. The molecule has 0 aliphatic heterocycles. The summed E-state index contributed by atoms with van der Waals surface area (Å²) in [6, 6.07) is 7.53. The average molecular weight is 271 g/mol. The smallest absolute Gasteiger partial charge is 0.406 e. The molecule has 2 rings (SSSR count). The van der Waals surface area contributed by atoms with Gasteiger partial charge in [-0.1, -0.05) is 6.07 Å². The Morgan fingerprint density at radius 1 is 1.26 bits per heavy atom. The summed E-state index contributed by atoms with van der Waals surface area (Å²) in [4.78, 5) is 0. The molecule has 0 aliphatic carbocycles. The largest absolute Gasteiger partial charge is 0.573 e. The number of halogens is 3. The highest BCUT2D eigenvalue weighted by atomic mass is 19.4. The molecule has 0 amide bonds. The predicted octanol–water partition coefficient (Wildman–Crippen LogP) is 2.89. The molecule has 0 saturated carbocycles.